The third-order valence-corrected chi connectivity index (χ3v) is 3.20. The normalized spacial score (nSPS) is 23.8. The molecule has 0 saturated carbocycles. The Morgan fingerprint density at radius 2 is 2.06 bits per heavy atom. The maximum atomic E-state index is 10.6. The Labute approximate surface area is 95.0 Å². The van der Waals surface area contributed by atoms with E-state index in [1.54, 1.807) is 0 Å². The molecule has 3 heteroatoms. The third-order valence-electron chi connectivity index (χ3n) is 3.20. The molecule has 1 aromatic carbocycles. The average molecular weight is 220 g/mol. The molecule has 1 unspecified atom stereocenters. The summed E-state index contributed by atoms with van der Waals surface area (Å²) in [5, 5.41) is 8.73. The van der Waals surface area contributed by atoms with E-state index in [0.29, 0.717) is 6.42 Å². The highest BCUT2D eigenvalue weighted by Crippen LogP contribution is 2.41. The van der Waals surface area contributed by atoms with Crippen molar-refractivity contribution < 1.29 is 14.6 Å². The van der Waals surface area contributed by atoms with Gasteiger partial charge in [-0.05, 0) is 18.9 Å². The number of aliphatic carboxylic acids is 1. The van der Waals surface area contributed by atoms with Gasteiger partial charge in [0.25, 0.3) is 0 Å². The molecule has 0 spiro atoms. The lowest BCUT2D eigenvalue weighted by Crippen LogP contribution is -2.41. The van der Waals surface area contributed by atoms with Gasteiger partial charge in [0.15, 0.2) is 0 Å². The summed E-state index contributed by atoms with van der Waals surface area (Å²) in [5.41, 5.74) is 1.97. The van der Waals surface area contributed by atoms with E-state index in [1.165, 1.54) is 5.56 Å². The first-order chi connectivity index (χ1) is 7.62. The molecular formula is C13H16O3. The Hall–Kier alpha value is -1.35. The van der Waals surface area contributed by atoms with Crippen molar-refractivity contribution in [2.45, 2.75) is 31.8 Å². The Bertz CT molecular complexity index is 377. The predicted molar refractivity (Wildman–Crippen MR) is 60.3 cm³/mol. The second-order valence-corrected chi connectivity index (χ2v) is 4.35. The number of ether oxygens (including phenoxy) is 1. The fourth-order valence-electron chi connectivity index (χ4n) is 2.08. The van der Waals surface area contributed by atoms with Crippen LogP contribution in [0.2, 0.25) is 0 Å². The van der Waals surface area contributed by atoms with E-state index in [0.717, 1.165) is 18.6 Å². The van der Waals surface area contributed by atoms with Gasteiger partial charge >= 0.3 is 5.97 Å². The number of benzene rings is 1. The van der Waals surface area contributed by atoms with E-state index < -0.39 is 5.97 Å². The molecule has 0 bridgehead atoms. The number of aryl methyl sites for hydroxylation is 1. The molecule has 0 amide bonds. The summed E-state index contributed by atoms with van der Waals surface area (Å²) in [5.74, 6) is -0.762. The molecular weight excluding hydrogens is 204 g/mol. The van der Waals surface area contributed by atoms with Crippen molar-refractivity contribution in [2.24, 2.45) is 0 Å². The minimum Gasteiger partial charge on any atom is -0.481 e. The molecule has 0 aromatic heterocycles. The standard InChI is InChI=1S/C13H16O3/c1-10-2-4-11(5-3-10)13(8-9-16-13)7-6-12(14)15/h2-5H,6-9H2,1H3,(H,14,15). The summed E-state index contributed by atoms with van der Waals surface area (Å²) < 4.78 is 5.63. The van der Waals surface area contributed by atoms with Crippen LogP contribution in [-0.4, -0.2) is 17.7 Å². The Balaban J connectivity index is 2.14. The zero-order valence-corrected chi connectivity index (χ0v) is 9.40. The predicted octanol–water partition coefficient (Wildman–Crippen LogP) is 2.48. The lowest BCUT2D eigenvalue weighted by molar-refractivity contribution is -0.165. The van der Waals surface area contributed by atoms with Crippen molar-refractivity contribution in [3.63, 3.8) is 0 Å². The first-order valence-electron chi connectivity index (χ1n) is 5.55. The van der Waals surface area contributed by atoms with Crippen LogP contribution in [0.3, 0.4) is 0 Å². The Morgan fingerprint density at radius 3 is 2.50 bits per heavy atom. The third kappa shape index (κ3) is 2.09. The first-order valence-corrected chi connectivity index (χ1v) is 5.55. The van der Waals surface area contributed by atoms with Crippen molar-refractivity contribution >= 4 is 5.97 Å². The highest BCUT2D eigenvalue weighted by Gasteiger charge is 2.40. The van der Waals surface area contributed by atoms with Crippen LogP contribution in [0.15, 0.2) is 24.3 Å². The molecule has 1 fully saturated rings. The summed E-state index contributed by atoms with van der Waals surface area (Å²) in [6.45, 7) is 2.77. The van der Waals surface area contributed by atoms with Crippen molar-refractivity contribution in [2.75, 3.05) is 6.61 Å². The van der Waals surface area contributed by atoms with Crippen LogP contribution in [0.4, 0.5) is 0 Å². The second-order valence-electron chi connectivity index (χ2n) is 4.35. The van der Waals surface area contributed by atoms with E-state index in [-0.39, 0.29) is 12.0 Å². The number of hydrogen-bond donors (Lipinski definition) is 1. The maximum absolute atomic E-state index is 10.6. The largest absolute Gasteiger partial charge is 0.481 e. The first kappa shape index (κ1) is 11.1. The van der Waals surface area contributed by atoms with E-state index in [9.17, 15) is 4.79 Å². The highest BCUT2D eigenvalue weighted by atomic mass is 16.5. The van der Waals surface area contributed by atoms with Gasteiger partial charge in [-0.25, -0.2) is 0 Å². The molecule has 3 nitrogen and oxygen atoms in total. The van der Waals surface area contributed by atoms with Crippen LogP contribution in [0.5, 0.6) is 0 Å². The number of carboxylic acid groups (broad SMARTS) is 1. The monoisotopic (exact) mass is 220 g/mol. The average Bonchev–Trinajstić information content (AvgIpc) is 2.18. The fraction of sp³-hybridized carbons (Fsp3) is 0.462. The molecule has 1 aliphatic rings. The molecule has 1 saturated heterocycles. The number of carbonyl (C=O) groups is 1. The van der Waals surface area contributed by atoms with Gasteiger partial charge in [0.2, 0.25) is 0 Å². The second kappa shape index (κ2) is 4.26. The Kier molecular flexibility index (Phi) is 2.97. The molecule has 1 N–H and O–H groups in total. The van der Waals surface area contributed by atoms with Crippen molar-refractivity contribution in [1.29, 1.82) is 0 Å². The Morgan fingerprint density at radius 1 is 1.44 bits per heavy atom. The quantitative estimate of drug-likeness (QED) is 0.847. The van der Waals surface area contributed by atoms with Crippen molar-refractivity contribution in [3.8, 4) is 0 Å². The van der Waals surface area contributed by atoms with Gasteiger partial charge in [0.05, 0.1) is 12.2 Å². The van der Waals surface area contributed by atoms with Gasteiger partial charge < -0.3 is 9.84 Å². The summed E-state index contributed by atoms with van der Waals surface area (Å²) in [6.07, 6.45) is 1.64. The van der Waals surface area contributed by atoms with Gasteiger partial charge in [-0.2, -0.15) is 0 Å². The van der Waals surface area contributed by atoms with Crippen LogP contribution in [0.25, 0.3) is 0 Å². The zero-order chi connectivity index (χ0) is 11.6. The van der Waals surface area contributed by atoms with Crippen molar-refractivity contribution in [3.05, 3.63) is 35.4 Å². The lowest BCUT2D eigenvalue weighted by atomic mass is 9.82. The van der Waals surface area contributed by atoms with Crippen LogP contribution in [0.1, 0.15) is 30.4 Å². The molecule has 1 atom stereocenters. The van der Waals surface area contributed by atoms with E-state index in [2.05, 4.69) is 0 Å². The van der Waals surface area contributed by atoms with Gasteiger partial charge in [0, 0.05) is 12.8 Å². The molecule has 0 aliphatic carbocycles. The number of hydrogen-bond acceptors (Lipinski definition) is 2. The van der Waals surface area contributed by atoms with Crippen LogP contribution in [0, 0.1) is 6.92 Å². The van der Waals surface area contributed by atoms with Crippen molar-refractivity contribution in [1.82, 2.24) is 0 Å². The lowest BCUT2D eigenvalue weighted by Gasteiger charge is -2.42. The van der Waals surface area contributed by atoms with Gasteiger partial charge in [-0.15, -0.1) is 0 Å². The van der Waals surface area contributed by atoms with Crippen LogP contribution in [-0.2, 0) is 15.1 Å². The van der Waals surface area contributed by atoms with Gasteiger partial charge in [-0.3, -0.25) is 4.79 Å². The topological polar surface area (TPSA) is 46.5 Å². The highest BCUT2D eigenvalue weighted by molar-refractivity contribution is 5.66. The number of carboxylic acids is 1. The number of rotatable bonds is 4. The minimum absolute atomic E-state index is 0.161. The van der Waals surface area contributed by atoms with E-state index in [4.69, 9.17) is 9.84 Å². The minimum atomic E-state index is -0.762. The molecule has 16 heavy (non-hydrogen) atoms. The smallest absolute Gasteiger partial charge is 0.303 e. The van der Waals surface area contributed by atoms with Gasteiger partial charge in [-0.1, -0.05) is 29.8 Å². The van der Waals surface area contributed by atoms with Crippen LogP contribution < -0.4 is 0 Å². The SMILES string of the molecule is Cc1ccc(C2(CCC(=O)O)CCO2)cc1. The summed E-state index contributed by atoms with van der Waals surface area (Å²) in [4.78, 5) is 10.6. The maximum Gasteiger partial charge on any atom is 0.303 e. The summed E-state index contributed by atoms with van der Waals surface area (Å²) in [6, 6.07) is 8.16. The van der Waals surface area contributed by atoms with E-state index in [1.807, 2.05) is 31.2 Å². The molecule has 2 rings (SSSR count). The molecule has 0 radical (unpaired) electrons. The molecule has 86 valence electrons. The van der Waals surface area contributed by atoms with Crippen LogP contribution >= 0.6 is 0 Å². The molecule has 1 aromatic rings. The zero-order valence-electron chi connectivity index (χ0n) is 9.40. The molecule has 1 heterocycles. The summed E-state index contributed by atoms with van der Waals surface area (Å²) >= 11 is 0. The fourth-order valence-corrected chi connectivity index (χ4v) is 2.08. The van der Waals surface area contributed by atoms with E-state index >= 15 is 0 Å². The molecule has 1 aliphatic heterocycles. The van der Waals surface area contributed by atoms with Gasteiger partial charge in [0.1, 0.15) is 0 Å². The summed E-state index contributed by atoms with van der Waals surface area (Å²) in [7, 11) is 0.